The molecule has 1 aliphatic heterocycles. The van der Waals surface area contributed by atoms with E-state index in [2.05, 4.69) is 0 Å². The number of benzene rings is 3. The van der Waals surface area contributed by atoms with E-state index in [4.69, 9.17) is 39.4 Å². The molecule has 9 heteroatoms. The minimum Gasteiger partial charge on any atom is -0.490 e. The quantitative estimate of drug-likeness (QED) is 0.243. The molecule has 8 nitrogen and oxygen atoms in total. The van der Waals surface area contributed by atoms with Gasteiger partial charge in [-0.05, 0) is 43.3 Å². The van der Waals surface area contributed by atoms with Crippen LogP contribution in [-0.2, 0) is 18.0 Å². The van der Waals surface area contributed by atoms with Gasteiger partial charge in [0.15, 0.2) is 18.1 Å². The molecule has 0 spiro atoms. The van der Waals surface area contributed by atoms with E-state index in [0.29, 0.717) is 57.4 Å². The molecule has 0 N–H and O–H groups in total. The first-order valence-corrected chi connectivity index (χ1v) is 12.3. The lowest BCUT2D eigenvalue weighted by Crippen LogP contribution is -2.14. The number of fused-ring (bicyclic) bond motifs is 3. The zero-order valence-electron chi connectivity index (χ0n) is 20.2. The van der Waals surface area contributed by atoms with Gasteiger partial charge in [0.05, 0.1) is 18.8 Å². The Morgan fingerprint density at radius 2 is 1.84 bits per heavy atom. The minimum atomic E-state index is -0.607. The predicted molar refractivity (Wildman–Crippen MR) is 141 cm³/mol. The van der Waals surface area contributed by atoms with Gasteiger partial charge in [-0.3, -0.25) is 0 Å². The number of para-hydroxylation sites is 1. The molecule has 6 rings (SSSR count). The second-order valence-electron chi connectivity index (χ2n) is 8.64. The average Bonchev–Trinajstić information content (AvgIpc) is 2.91. The van der Waals surface area contributed by atoms with Gasteiger partial charge in [-0.1, -0.05) is 23.7 Å². The highest BCUT2D eigenvalue weighted by atomic mass is 35.5. The number of hydrogen-bond acceptors (Lipinski definition) is 8. The highest BCUT2D eigenvalue weighted by Crippen LogP contribution is 2.34. The zero-order valence-corrected chi connectivity index (χ0v) is 21.0. The normalized spacial score (nSPS) is 12.8. The maximum Gasteiger partial charge on any atom is 0.344 e. The van der Waals surface area contributed by atoms with Gasteiger partial charge in [-0.25, -0.2) is 9.59 Å². The molecule has 1 aliphatic rings. The van der Waals surface area contributed by atoms with Gasteiger partial charge in [0.25, 0.3) is 0 Å². The summed E-state index contributed by atoms with van der Waals surface area (Å²) >= 11 is 6.25. The van der Waals surface area contributed by atoms with Crippen molar-refractivity contribution in [1.29, 1.82) is 0 Å². The lowest BCUT2D eigenvalue weighted by molar-refractivity contribution is -0.0175. The summed E-state index contributed by atoms with van der Waals surface area (Å²) in [5, 5.41) is 1.78. The van der Waals surface area contributed by atoms with E-state index >= 15 is 0 Å². The van der Waals surface area contributed by atoms with Crippen LogP contribution in [0.2, 0.25) is 5.02 Å². The van der Waals surface area contributed by atoms with Crippen molar-refractivity contribution < 1.29 is 27.8 Å². The smallest absolute Gasteiger partial charge is 0.344 e. The topological polar surface area (TPSA) is 97.3 Å². The molecule has 0 unspecified atom stereocenters. The number of rotatable bonds is 6. The Kier molecular flexibility index (Phi) is 6.27. The Bertz CT molecular complexity index is 1800. The van der Waals surface area contributed by atoms with Crippen molar-refractivity contribution >= 4 is 33.5 Å². The zero-order chi connectivity index (χ0) is 26.2. The minimum absolute atomic E-state index is 0.154. The predicted octanol–water partition coefficient (Wildman–Crippen LogP) is 6.06. The molecule has 0 bridgehead atoms. The Balaban J connectivity index is 1.37. The first kappa shape index (κ1) is 24.1. The lowest BCUT2D eigenvalue weighted by Gasteiger charge is -2.21. The van der Waals surface area contributed by atoms with Crippen LogP contribution >= 0.6 is 11.6 Å². The molecule has 3 heterocycles. The Morgan fingerprint density at radius 3 is 2.71 bits per heavy atom. The van der Waals surface area contributed by atoms with Crippen LogP contribution in [-0.4, -0.2) is 13.4 Å². The number of hydrogen-bond donors (Lipinski definition) is 0. The van der Waals surface area contributed by atoms with Crippen LogP contribution < -0.4 is 25.5 Å². The largest absolute Gasteiger partial charge is 0.490 e. The molecule has 38 heavy (non-hydrogen) atoms. The highest BCUT2D eigenvalue weighted by molar-refractivity contribution is 6.30. The molecule has 3 aromatic carbocycles. The maximum absolute atomic E-state index is 13.0. The maximum atomic E-state index is 13.0. The summed E-state index contributed by atoms with van der Waals surface area (Å²) in [6.45, 7) is 3.02. The van der Waals surface area contributed by atoms with Gasteiger partial charge in [0.1, 0.15) is 23.7 Å². The van der Waals surface area contributed by atoms with Gasteiger partial charge in [0, 0.05) is 44.6 Å². The first-order chi connectivity index (χ1) is 18.5. The van der Waals surface area contributed by atoms with Crippen molar-refractivity contribution in [3.63, 3.8) is 0 Å². The van der Waals surface area contributed by atoms with Crippen molar-refractivity contribution in [2.45, 2.75) is 20.1 Å². The van der Waals surface area contributed by atoms with Crippen LogP contribution in [0.1, 0.15) is 18.1 Å². The van der Waals surface area contributed by atoms with E-state index in [1.807, 2.05) is 19.1 Å². The van der Waals surface area contributed by atoms with Gasteiger partial charge in [-0.15, -0.1) is 0 Å². The third-order valence-electron chi connectivity index (χ3n) is 6.18. The SMILES string of the molecule is CCOc1cccc2cc(-c3cc(=O)oc4cc(OCc5cc(Cl)cc6c5OCOC6)ccc34)c(=O)oc12. The van der Waals surface area contributed by atoms with E-state index in [-0.39, 0.29) is 24.5 Å². The van der Waals surface area contributed by atoms with Gasteiger partial charge < -0.3 is 27.8 Å². The fourth-order valence-corrected chi connectivity index (χ4v) is 4.82. The molecule has 0 saturated heterocycles. The molecule has 0 fully saturated rings. The average molecular weight is 533 g/mol. The summed E-state index contributed by atoms with van der Waals surface area (Å²) < 4.78 is 33.6. The molecule has 0 aliphatic carbocycles. The fourth-order valence-electron chi connectivity index (χ4n) is 4.56. The lowest BCUT2D eigenvalue weighted by atomic mass is 10.0. The van der Waals surface area contributed by atoms with Crippen molar-refractivity contribution in [3.8, 4) is 28.4 Å². The Morgan fingerprint density at radius 1 is 0.947 bits per heavy atom. The van der Waals surface area contributed by atoms with Crippen LogP contribution in [0.3, 0.4) is 0 Å². The molecular weight excluding hydrogens is 512 g/mol. The molecular formula is C29H21ClO8. The van der Waals surface area contributed by atoms with Crippen LogP contribution in [0.15, 0.2) is 79.1 Å². The highest BCUT2D eigenvalue weighted by Gasteiger charge is 2.18. The third-order valence-corrected chi connectivity index (χ3v) is 6.39. The van der Waals surface area contributed by atoms with Crippen LogP contribution in [0.4, 0.5) is 0 Å². The monoisotopic (exact) mass is 532 g/mol. The molecule has 0 atom stereocenters. The second-order valence-corrected chi connectivity index (χ2v) is 9.08. The Hall–Kier alpha value is -4.27. The molecule has 0 radical (unpaired) electrons. The first-order valence-electron chi connectivity index (χ1n) is 11.9. The molecule has 5 aromatic rings. The summed E-state index contributed by atoms with van der Waals surface area (Å²) in [6, 6.07) is 17.0. The van der Waals surface area contributed by atoms with E-state index in [1.165, 1.54) is 6.07 Å². The second kappa shape index (κ2) is 9.89. The van der Waals surface area contributed by atoms with E-state index < -0.39 is 11.3 Å². The van der Waals surface area contributed by atoms with E-state index in [1.54, 1.807) is 42.5 Å². The Labute approximate surface area is 220 Å². The summed E-state index contributed by atoms with van der Waals surface area (Å²) in [5.74, 6) is 1.63. The summed E-state index contributed by atoms with van der Waals surface area (Å²) in [7, 11) is 0. The number of halogens is 1. The van der Waals surface area contributed by atoms with Crippen LogP contribution in [0.5, 0.6) is 17.2 Å². The summed E-state index contributed by atoms with van der Waals surface area (Å²) in [4.78, 5) is 25.5. The van der Waals surface area contributed by atoms with Crippen molar-refractivity contribution in [3.05, 3.63) is 97.7 Å². The standard InChI is InChI=1S/C29H21ClO8/c1-2-34-24-5-3-4-16-10-23(29(32)38-28(16)24)22-12-26(31)37-25-11-20(6-7-21(22)25)35-14-18-9-19(30)8-17-13-33-15-36-27(17)18/h3-12H,2,13-15H2,1H3. The van der Waals surface area contributed by atoms with E-state index in [0.717, 1.165) is 11.1 Å². The summed E-state index contributed by atoms with van der Waals surface area (Å²) in [6.07, 6.45) is 0. The summed E-state index contributed by atoms with van der Waals surface area (Å²) in [5.41, 5.74) is 1.68. The fraction of sp³-hybridized carbons (Fsp3) is 0.172. The van der Waals surface area contributed by atoms with Gasteiger partial charge >= 0.3 is 11.3 Å². The van der Waals surface area contributed by atoms with Crippen LogP contribution in [0.25, 0.3) is 33.1 Å². The molecule has 2 aromatic heterocycles. The van der Waals surface area contributed by atoms with Crippen molar-refractivity contribution in [1.82, 2.24) is 0 Å². The third kappa shape index (κ3) is 4.49. The van der Waals surface area contributed by atoms with E-state index in [9.17, 15) is 9.59 Å². The molecule has 0 amide bonds. The molecule has 0 saturated carbocycles. The van der Waals surface area contributed by atoms with Crippen molar-refractivity contribution in [2.24, 2.45) is 0 Å². The van der Waals surface area contributed by atoms with Gasteiger partial charge in [0.2, 0.25) is 0 Å². The van der Waals surface area contributed by atoms with Crippen LogP contribution in [0, 0.1) is 0 Å². The van der Waals surface area contributed by atoms with Crippen molar-refractivity contribution in [2.75, 3.05) is 13.4 Å². The van der Waals surface area contributed by atoms with Gasteiger partial charge in [-0.2, -0.15) is 0 Å². The molecule has 192 valence electrons. The number of ether oxygens (including phenoxy) is 4.